The average molecular weight is 575 g/mol. The molecule has 0 radical (unpaired) electrons. The van der Waals surface area contributed by atoms with Crippen LogP contribution in [0.15, 0.2) is 79.1 Å². The summed E-state index contributed by atoms with van der Waals surface area (Å²) in [5.74, 6) is 0.114. The molecule has 8 heteroatoms. The van der Waals surface area contributed by atoms with Gasteiger partial charge in [-0.15, -0.1) is 0 Å². The monoisotopic (exact) mass is 574 g/mol. The first-order valence-electron chi connectivity index (χ1n) is 15.4. The lowest BCUT2D eigenvalue weighted by Gasteiger charge is -2.35. The summed E-state index contributed by atoms with van der Waals surface area (Å²) >= 11 is 0. The zero-order valence-electron chi connectivity index (χ0n) is 24.5. The quantitative estimate of drug-likeness (QED) is 0.281. The Morgan fingerprint density at radius 2 is 1.72 bits per heavy atom. The van der Waals surface area contributed by atoms with Crippen molar-refractivity contribution in [3.05, 3.63) is 107 Å². The number of amides is 1. The van der Waals surface area contributed by atoms with Crippen molar-refractivity contribution in [3.8, 4) is 0 Å². The molecule has 4 heterocycles. The predicted octanol–water partition coefficient (Wildman–Crippen LogP) is 4.98. The van der Waals surface area contributed by atoms with Crippen molar-refractivity contribution in [3.63, 3.8) is 0 Å². The van der Waals surface area contributed by atoms with Crippen molar-refractivity contribution in [2.75, 3.05) is 26.3 Å². The SMILES string of the molecule is NCc1ccc(CN(Cc2nccc3c4ccccc4n(CC(=O)N4CCOCC4)c23)[C@H]2CCCc3cccnc32)cc1. The molecular formula is C35H38N6O2. The minimum atomic E-state index is 0.114. The summed E-state index contributed by atoms with van der Waals surface area (Å²) in [7, 11) is 0. The fraction of sp³-hybridized carbons (Fsp3) is 0.343. The molecular weight excluding hydrogens is 536 g/mol. The van der Waals surface area contributed by atoms with Gasteiger partial charge in [0.2, 0.25) is 5.91 Å². The highest BCUT2D eigenvalue weighted by molar-refractivity contribution is 6.09. The Kier molecular flexibility index (Phi) is 7.89. The van der Waals surface area contributed by atoms with Gasteiger partial charge in [-0.25, -0.2) is 0 Å². The van der Waals surface area contributed by atoms with E-state index in [9.17, 15) is 4.79 Å². The Labute approximate surface area is 252 Å². The van der Waals surface area contributed by atoms with Crippen LogP contribution in [-0.4, -0.2) is 56.5 Å². The smallest absolute Gasteiger partial charge is 0.242 e. The van der Waals surface area contributed by atoms with Gasteiger partial charge in [0.1, 0.15) is 6.54 Å². The molecule has 7 rings (SSSR count). The molecule has 3 aromatic heterocycles. The van der Waals surface area contributed by atoms with E-state index in [1.54, 1.807) is 0 Å². The summed E-state index contributed by atoms with van der Waals surface area (Å²) in [6.07, 6.45) is 7.06. The van der Waals surface area contributed by atoms with Gasteiger partial charge in [-0.1, -0.05) is 48.5 Å². The van der Waals surface area contributed by atoms with E-state index >= 15 is 0 Å². The summed E-state index contributed by atoms with van der Waals surface area (Å²) in [5.41, 5.74) is 13.8. The zero-order valence-corrected chi connectivity index (χ0v) is 24.5. The number of nitrogens with zero attached hydrogens (tertiary/aromatic N) is 5. The molecule has 1 aliphatic carbocycles. The van der Waals surface area contributed by atoms with Crippen LogP contribution in [0.25, 0.3) is 21.8 Å². The van der Waals surface area contributed by atoms with Gasteiger partial charge in [-0.05, 0) is 54.2 Å². The van der Waals surface area contributed by atoms with Crippen LogP contribution in [0.2, 0.25) is 0 Å². The van der Waals surface area contributed by atoms with Gasteiger partial charge in [-0.3, -0.25) is 19.7 Å². The molecule has 0 bridgehead atoms. The Hall–Kier alpha value is -4.11. The number of pyridine rings is 2. The van der Waals surface area contributed by atoms with Gasteiger partial charge in [0, 0.05) is 61.4 Å². The molecule has 0 saturated carbocycles. The maximum absolute atomic E-state index is 13.6. The average Bonchev–Trinajstić information content (AvgIpc) is 3.39. The Bertz CT molecular complexity index is 1740. The zero-order chi connectivity index (χ0) is 29.2. The fourth-order valence-electron chi connectivity index (χ4n) is 6.83. The maximum Gasteiger partial charge on any atom is 0.242 e. The number of hydrogen-bond donors (Lipinski definition) is 1. The van der Waals surface area contributed by atoms with E-state index in [2.05, 4.69) is 64.1 Å². The van der Waals surface area contributed by atoms with Crippen LogP contribution in [-0.2, 0) is 42.1 Å². The first-order chi connectivity index (χ1) is 21.2. The molecule has 43 heavy (non-hydrogen) atoms. The van der Waals surface area contributed by atoms with Crippen LogP contribution in [0, 0.1) is 0 Å². The van der Waals surface area contributed by atoms with E-state index in [4.69, 9.17) is 20.4 Å². The molecule has 1 saturated heterocycles. The van der Waals surface area contributed by atoms with E-state index in [0.29, 0.717) is 39.4 Å². The van der Waals surface area contributed by atoms with E-state index < -0.39 is 0 Å². The van der Waals surface area contributed by atoms with E-state index in [0.717, 1.165) is 58.9 Å². The number of carbonyl (C=O) groups excluding carboxylic acids is 1. The second kappa shape index (κ2) is 12.2. The lowest BCUT2D eigenvalue weighted by Crippen LogP contribution is -2.42. The van der Waals surface area contributed by atoms with Crippen molar-refractivity contribution >= 4 is 27.7 Å². The number of para-hydroxylation sites is 1. The molecule has 8 nitrogen and oxygen atoms in total. The first-order valence-corrected chi connectivity index (χ1v) is 15.4. The number of ether oxygens (including phenoxy) is 1. The van der Waals surface area contributed by atoms with Crippen LogP contribution in [0.1, 0.15) is 47.0 Å². The predicted molar refractivity (Wildman–Crippen MR) is 168 cm³/mol. The highest BCUT2D eigenvalue weighted by atomic mass is 16.5. The summed E-state index contributed by atoms with van der Waals surface area (Å²) in [6, 6.07) is 23.5. The number of carbonyl (C=O) groups is 1. The molecule has 2 aliphatic rings. The molecule has 2 N–H and O–H groups in total. The lowest BCUT2D eigenvalue weighted by molar-refractivity contribution is -0.135. The number of benzene rings is 2. The molecule has 1 aliphatic heterocycles. The third-order valence-electron chi connectivity index (χ3n) is 9.02. The van der Waals surface area contributed by atoms with Crippen LogP contribution in [0.5, 0.6) is 0 Å². The third-order valence-corrected chi connectivity index (χ3v) is 9.02. The Morgan fingerprint density at radius 1 is 0.907 bits per heavy atom. The number of rotatable bonds is 8. The lowest BCUT2D eigenvalue weighted by atomic mass is 9.90. The third kappa shape index (κ3) is 5.54. The van der Waals surface area contributed by atoms with Crippen molar-refractivity contribution in [2.45, 2.75) is 51.5 Å². The number of nitrogens with two attached hydrogens (primary N) is 1. The van der Waals surface area contributed by atoms with Crippen LogP contribution in [0.4, 0.5) is 0 Å². The second-order valence-electron chi connectivity index (χ2n) is 11.6. The van der Waals surface area contributed by atoms with Crippen molar-refractivity contribution in [1.82, 2.24) is 24.3 Å². The van der Waals surface area contributed by atoms with Gasteiger partial charge in [0.15, 0.2) is 0 Å². The summed E-state index contributed by atoms with van der Waals surface area (Å²) in [4.78, 5) is 27.9. The van der Waals surface area contributed by atoms with Crippen LogP contribution in [0.3, 0.4) is 0 Å². The van der Waals surface area contributed by atoms with Crippen molar-refractivity contribution in [2.24, 2.45) is 5.73 Å². The van der Waals surface area contributed by atoms with E-state index in [-0.39, 0.29) is 18.5 Å². The molecule has 0 spiro atoms. The normalized spacial score (nSPS) is 17.1. The topological polar surface area (TPSA) is 89.5 Å². The van der Waals surface area contributed by atoms with Gasteiger partial charge in [-0.2, -0.15) is 0 Å². The van der Waals surface area contributed by atoms with Crippen molar-refractivity contribution < 1.29 is 9.53 Å². The second-order valence-corrected chi connectivity index (χ2v) is 11.6. The molecule has 220 valence electrons. The van der Waals surface area contributed by atoms with E-state index in [1.807, 2.05) is 29.4 Å². The van der Waals surface area contributed by atoms with Crippen LogP contribution < -0.4 is 5.73 Å². The fourth-order valence-corrected chi connectivity index (χ4v) is 6.83. The van der Waals surface area contributed by atoms with E-state index in [1.165, 1.54) is 16.8 Å². The number of morpholine rings is 1. The molecule has 1 atom stereocenters. The number of aryl methyl sites for hydroxylation is 1. The van der Waals surface area contributed by atoms with Gasteiger partial charge >= 0.3 is 0 Å². The first kappa shape index (κ1) is 27.7. The minimum Gasteiger partial charge on any atom is -0.378 e. The number of hydrogen-bond acceptors (Lipinski definition) is 6. The Morgan fingerprint density at radius 3 is 2.56 bits per heavy atom. The maximum atomic E-state index is 13.6. The van der Waals surface area contributed by atoms with Gasteiger partial charge in [0.25, 0.3) is 0 Å². The standard InChI is InChI=1S/C35H38N6O2/c36-21-25-10-12-26(13-11-25)22-40(32-9-3-5-27-6-4-15-38-34(27)32)23-30-35-29(14-16-37-30)28-7-1-2-8-31(28)41(35)24-33(42)39-17-19-43-20-18-39/h1-2,4,6-8,10-16,32H,3,5,9,17-24,36H2/t32-/m0/s1. The molecule has 2 aromatic carbocycles. The van der Waals surface area contributed by atoms with Gasteiger partial charge < -0.3 is 19.9 Å². The summed E-state index contributed by atoms with van der Waals surface area (Å²) in [6.45, 7) is 4.64. The molecule has 5 aromatic rings. The molecule has 1 fully saturated rings. The Balaban J connectivity index is 1.31. The minimum absolute atomic E-state index is 0.114. The molecule has 1 amide bonds. The number of fused-ring (bicyclic) bond motifs is 4. The summed E-state index contributed by atoms with van der Waals surface area (Å²) < 4.78 is 7.69. The van der Waals surface area contributed by atoms with Gasteiger partial charge in [0.05, 0.1) is 36.2 Å². The number of aromatic nitrogens is 3. The largest absolute Gasteiger partial charge is 0.378 e. The summed E-state index contributed by atoms with van der Waals surface area (Å²) in [5, 5.41) is 2.27. The van der Waals surface area contributed by atoms with Crippen molar-refractivity contribution in [1.29, 1.82) is 0 Å². The highest BCUT2D eigenvalue weighted by Gasteiger charge is 2.29. The highest BCUT2D eigenvalue weighted by Crippen LogP contribution is 2.37. The molecule has 0 unspecified atom stereocenters. The van der Waals surface area contributed by atoms with Crippen LogP contribution >= 0.6 is 0 Å².